The van der Waals surface area contributed by atoms with Crippen LogP contribution in [0.2, 0.25) is 5.02 Å². The molecule has 0 unspecified atom stereocenters. The standard InChI is InChI=1S/C21H30ClOP/c22-17-13-11-16(12-14-17)20-15-21(20)24(23,18-7-3-1-4-8-18)19-9-5-2-6-10-19/h11-14,18-21H,1-10,15H2/t20-,21+/m1/s1. The summed E-state index contributed by atoms with van der Waals surface area (Å²) in [5, 5.41) is 0.804. The van der Waals surface area contributed by atoms with E-state index in [0.29, 0.717) is 22.9 Å². The molecule has 0 heterocycles. The normalized spacial score (nSPS) is 29.5. The smallest absolute Gasteiger partial charge is 0.0971 e. The average molecular weight is 365 g/mol. The minimum absolute atomic E-state index is 0.477. The molecule has 0 bridgehead atoms. The molecule has 2 atom stereocenters. The highest BCUT2D eigenvalue weighted by Gasteiger charge is 2.56. The lowest BCUT2D eigenvalue weighted by molar-refractivity contribution is 0.446. The molecular weight excluding hydrogens is 335 g/mol. The van der Waals surface area contributed by atoms with Gasteiger partial charge in [0.05, 0.1) is 7.14 Å². The largest absolute Gasteiger partial charge is 0.323 e. The maximum Gasteiger partial charge on any atom is 0.0971 e. The number of halogens is 1. The maximum atomic E-state index is 14.5. The minimum Gasteiger partial charge on any atom is -0.323 e. The molecule has 3 fully saturated rings. The van der Waals surface area contributed by atoms with Crippen LogP contribution in [0.15, 0.2) is 24.3 Å². The van der Waals surface area contributed by atoms with Gasteiger partial charge in [0, 0.05) is 22.0 Å². The van der Waals surface area contributed by atoms with Crippen LogP contribution in [-0.2, 0) is 4.57 Å². The van der Waals surface area contributed by atoms with E-state index in [1.165, 1.54) is 69.8 Å². The van der Waals surface area contributed by atoms with Gasteiger partial charge in [-0.1, -0.05) is 62.3 Å². The number of hydrogen-bond acceptors (Lipinski definition) is 1. The Bertz CT molecular complexity index is 577. The van der Waals surface area contributed by atoms with E-state index in [9.17, 15) is 4.57 Å². The van der Waals surface area contributed by atoms with E-state index in [2.05, 4.69) is 12.1 Å². The Hall–Kier alpha value is -0.260. The molecule has 1 aromatic carbocycles. The van der Waals surface area contributed by atoms with Crippen LogP contribution in [0.1, 0.15) is 82.1 Å². The van der Waals surface area contributed by atoms with Crippen LogP contribution in [0.4, 0.5) is 0 Å². The molecule has 0 saturated heterocycles. The van der Waals surface area contributed by atoms with Crippen molar-refractivity contribution in [2.75, 3.05) is 0 Å². The second-order valence-electron chi connectivity index (χ2n) is 8.31. The Labute approximate surface area is 151 Å². The lowest BCUT2D eigenvalue weighted by Gasteiger charge is -2.39. The molecule has 3 heteroatoms. The zero-order valence-electron chi connectivity index (χ0n) is 14.6. The van der Waals surface area contributed by atoms with Gasteiger partial charge in [-0.15, -0.1) is 0 Å². The first-order valence-electron chi connectivity index (χ1n) is 10.0. The van der Waals surface area contributed by atoms with Gasteiger partial charge in [0.1, 0.15) is 0 Å². The highest BCUT2D eigenvalue weighted by Crippen LogP contribution is 2.75. The van der Waals surface area contributed by atoms with Crippen molar-refractivity contribution >= 4 is 18.7 Å². The molecule has 0 N–H and O–H groups in total. The summed E-state index contributed by atoms with van der Waals surface area (Å²) in [7, 11) is -2.10. The van der Waals surface area contributed by atoms with E-state index >= 15 is 0 Å². The minimum atomic E-state index is -2.10. The number of hydrogen-bond donors (Lipinski definition) is 0. The number of rotatable bonds is 4. The highest BCUT2D eigenvalue weighted by atomic mass is 35.5. The Morgan fingerprint density at radius 3 is 1.79 bits per heavy atom. The topological polar surface area (TPSA) is 17.1 Å². The second kappa shape index (κ2) is 7.16. The quantitative estimate of drug-likeness (QED) is 0.515. The molecule has 132 valence electrons. The lowest BCUT2D eigenvalue weighted by Crippen LogP contribution is -2.26. The van der Waals surface area contributed by atoms with Crippen molar-refractivity contribution in [1.29, 1.82) is 0 Å². The summed E-state index contributed by atoms with van der Waals surface area (Å²) in [6.45, 7) is 0. The molecule has 0 radical (unpaired) electrons. The summed E-state index contributed by atoms with van der Waals surface area (Å²) in [5.74, 6) is 0.539. The van der Waals surface area contributed by atoms with Gasteiger partial charge in [-0.25, -0.2) is 0 Å². The van der Waals surface area contributed by atoms with Crippen LogP contribution in [0.25, 0.3) is 0 Å². The van der Waals surface area contributed by atoms with Crippen LogP contribution in [0.3, 0.4) is 0 Å². The van der Waals surface area contributed by atoms with Crippen molar-refractivity contribution in [3.63, 3.8) is 0 Å². The molecule has 3 aliphatic rings. The van der Waals surface area contributed by atoms with Crippen LogP contribution in [0.5, 0.6) is 0 Å². The van der Waals surface area contributed by atoms with Gasteiger partial charge in [0.15, 0.2) is 0 Å². The zero-order chi connectivity index (χ0) is 16.6. The van der Waals surface area contributed by atoms with Crippen LogP contribution < -0.4 is 0 Å². The second-order valence-corrected chi connectivity index (χ2v) is 12.4. The predicted octanol–water partition coefficient (Wildman–Crippen LogP) is 7.22. The van der Waals surface area contributed by atoms with Gasteiger partial charge in [0.2, 0.25) is 0 Å². The van der Waals surface area contributed by atoms with Crippen LogP contribution >= 0.6 is 18.7 Å². The third kappa shape index (κ3) is 3.24. The van der Waals surface area contributed by atoms with E-state index < -0.39 is 7.14 Å². The zero-order valence-corrected chi connectivity index (χ0v) is 16.3. The van der Waals surface area contributed by atoms with Crippen molar-refractivity contribution in [2.24, 2.45) is 0 Å². The molecule has 3 saturated carbocycles. The van der Waals surface area contributed by atoms with Gasteiger partial charge in [-0.3, -0.25) is 0 Å². The van der Waals surface area contributed by atoms with Gasteiger partial charge in [-0.05, 0) is 55.7 Å². The molecule has 1 aromatic rings. The molecule has 24 heavy (non-hydrogen) atoms. The lowest BCUT2D eigenvalue weighted by atomic mass is 9.99. The Balaban J connectivity index is 1.58. The van der Waals surface area contributed by atoms with Gasteiger partial charge >= 0.3 is 0 Å². The van der Waals surface area contributed by atoms with Crippen molar-refractivity contribution in [3.8, 4) is 0 Å². The first-order chi connectivity index (χ1) is 11.7. The van der Waals surface area contributed by atoms with E-state index in [1.807, 2.05) is 12.1 Å². The van der Waals surface area contributed by atoms with Gasteiger partial charge < -0.3 is 4.57 Å². The first-order valence-corrected chi connectivity index (χ1v) is 12.3. The fourth-order valence-corrected chi connectivity index (χ4v) is 10.9. The molecule has 3 aliphatic carbocycles. The van der Waals surface area contributed by atoms with Crippen molar-refractivity contribution in [1.82, 2.24) is 0 Å². The summed E-state index contributed by atoms with van der Waals surface area (Å²) in [6.07, 6.45) is 14.0. The predicted molar refractivity (Wildman–Crippen MR) is 104 cm³/mol. The van der Waals surface area contributed by atoms with E-state index in [0.717, 1.165) is 11.4 Å². The van der Waals surface area contributed by atoms with E-state index in [4.69, 9.17) is 11.6 Å². The molecule has 0 aromatic heterocycles. The summed E-state index contributed by atoms with van der Waals surface area (Å²) in [4.78, 5) is 0. The maximum absolute atomic E-state index is 14.5. The molecule has 0 aliphatic heterocycles. The Morgan fingerprint density at radius 2 is 1.29 bits per heavy atom. The highest BCUT2D eigenvalue weighted by molar-refractivity contribution is 7.66. The average Bonchev–Trinajstić information content (AvgIpc) is 3.44. The van der Waals surface area contributed by atoms with E-state index in [-0.39, 0.29) is 0 Å². The monoisotopic (exact) mass is 364 g/mol. The van der Waals surface area contributed by atoms with Crippen LogP contribution in [0, 0.1) is 0 Å². The molecule has 1 nitrogen and oxygen atoms in total. The van der Waals surface area contributed by atoms with Crippen molar-refractivity contribution < 1.29 is 4.57 Å². The fourth-order valence-electron chi connectivity index (χ4n) is 5.50. The summed E-state index contributed by atoms with van der Waals surface area (Å²) >= 11 is 6.05. The van der Waals surface area contributed by atoms with E-state index in [1.54, 1.807) is 0 Å². The van der Waals surface area contributed by atoms with Gasteiger partial charge in [0.25, 0.3) is 0 Å². The summed E-state index contributed by atoms with van der Waals surface area (Å²) in [6, 6.07) is 8.33. The summed E-state index contributed by atoms with van der Waals surface area (Å²) < 4.78 is 14.5. The molecule has 0 spiro atoms. The summed E-state index contributed by atoms with van der Waals surface area (Å²) in [5.41, 5.74) is 2.93. The van der Waals surface area contributed by atoms with Crippen molar-refractivity contribution in [3.05, 3.63) is 34.9 Å². The first kappa shape index (κ1) is 17.2. The SMILES string of the molecule is O=P(C1CCCCC1)(C1CCCCC1)[C@H]1C[C@@H]1c1ccc(Cl)cc1. The Kier molecular flexibility index (Phi) is 5.12. The fraction of sp³-hybridized carbons (Fsp3) is 0.714. The molecule has 4 rings (SSSR count). The third-order valence-corrected chi connectivity index (χ3v) is 12.0. The van der Waals surface area contributed by atoms with Crippen molar-refractivity contribution in [2.45, 2.75) is 93.5 Å². The van der Waals surface area contributed by atoms with Gasteiger partial charge in [-0.2, -0.15) is 0 Å². The molecular formula is C21H30ClOP. The molecule has 0 amide bonds. The van der Waals surface area contributed by atoms with Crippen LogP contribution in [-0.4, -0.2) is 17.0 Å². The Morgan fingerprint density at radius 1 is 0.792 bits per heavy atom. The third-order valence-electron chi connectivity index (χ3n) is 6.86. The number of benzene rings is 1.